The van der Waals surface area contributed by atoms with Crippen molar-refractivity contribution in [3.8, 4) is 11.4 Å². The number of ether oxygens (including phenoxy) is 1. The summed E-state index contributed by atoms with van der Waals surface area (Å²) in [5.41, 5.74) is 3.51. The highest BCUT2D eigenvalue weighted by atomic mass is 19.1. The first-order valence-electron chi connectivity index (χ1n) is 13.5. The van der Waals surface area contributed by atoms with Crippen molar-refractivity contribution in [2.24, 2.45) is 5.92 Å². The lowest BCUT2D eigenvalue weighted by atomic mass is 10.1. The number of likely N-dealkylation sites (N-methyl/N-ethyl adjacent to an activating group) is 1. The van der Waals surface area contributed by atoms with Gasteiger partial charge in [-0.3, -0.25) is 4.79 Å². The van der Waals surface area contributed by atoms with Crippen molar-refractivity contribution < 1.29 is 13.9 Å². The van der Waals surface area contributed by atoms with E-state index in [1.165, 1.54) is 12.1 Å². The molecule has 2 aromatic carbocycles. The largest absolute Gasteiger partial charge is 0.497 e. The first-order valence-corrected chi connectivity index (χ1v) is 13.5. The fraction of sp³-hybridized carbons (Fsp3) is 0.467. The fourth-order valence-electron chi connectivity index (χ4n) is 5.04. The molecule has 0 aliphatic carbocycles. The summed E-state index contributed by atoms with van der Waals surface area (Å²) >= 11 is 0. The number of piperazine rings is 1. The van der Waals surface area contributed by atoms with Crippen molar-refractivity contribution >= 4 is 11.7 Å². The number of carbonyl (C=O) groups is 1. The number of aryl methyl sites for hydroxylation is 1. The third kappa shape index (κ3) is 6.54. The van der Waals surface area contributed by atoms with Crippen LogP contribution < -0.4 is 9.64 Å². The van der Waals surface area contributed by atoms with Crippen molar-refractivity contribution in [3.63, 3.8) is 0 Å². The summed E-state index contributed by atoms with van der Waals surface area (Å²) in [6, 6.07) is 14.2. The Labute approximate surface area is 225 Å². The van der Waals surface area contributed by atoms with Gasteiger partial charge in [-0.25, -0.2) is 9.07 Å². The molecular weight excluding hydrogens is 481 g/mol. The van der Waals surface area contributed by atoms with Crippen LogP contribution in [0.1, 0.15) is 37.6 Å². The lowest BCUT2D eigenvalue weighted by molar-refractivity contribution is -0.131. The molecule has 0 bridgehead atoms. The number of hydrogen-bond donors (Lipinski definition) is 0. The maximum atomic E-state index is 14.2. The van der Waals surface area contributed by atoms with Gasteiger partial charge in [-0.2, -0.15) is 5.10 Å². The van der Waals surface area contributed by atoms with E-state index in [-0.39, 0.29) is 11.7 Å². The standard InChI is InChI=1S/C30H40FN5O2/c1-6-33-14-16-34(17-15-33)30-28(23(4)32-36(30)26-9-7-8-25(31)19-26)21-35(20-22(2)3)29(37)18-24-10-12-27(38-5)13-11-24/h7-13,19,22H,6,14-18,20-21H2,1-5H3. The maximum absolute atomic E-state index is 14.2. The lowest BCUT2D eigenvalue weighted by Gasteiger charge is -2.36. The second kappa shape index (κ2) is 12.4. The van der Waals surface area contributed by atoms with Crippen LogP contribution in [0.25, 0.3) is 5.69 Å². The van der Waals surface area contributed by atoms with E-state index in [9.17, 15) is 9.18 Å². The van der Waals surface area contributed by atoms with Crippen LogP contribution in [0.15, 0.2) is 48.5 Å². The molecule has 0 atom stereocenters. The molecule has 7 nitrogen and oxygen atoms in total. The lowest BCUT2D eigenvalue weighted by Crippen LogP contribution is -2.47. The van der Waals surface area contributed by atoms with Gasteiger partial charge in [0.2, 0.25) is 5.91 Å². The van der Waals surface area contributed by atoms with Crippen LogP contribution in [0.5, 0.6) is 5.75 Å². The highest BCUT2D eigenvalue weighted by Crippen LogP contribution is 2.30. The Hall–Kier alpha value is -3.39. The zero-order valence-electron chi connectivity index (χ0n) is 23.3. The number of anilines is 1. The molecule has 4 rings (SSSR count). The summed E-state index contributed by atoms with van der Waals surface area (Å²) in [6.45, 7) is 14.1. The molecular formula is C30H40FN5O2. The molecule has 3 aromatic rings. The van der Waals surface area contributed by atoms with Crippen molar-refractivity contribution in [2.75, 3.05) is 51.3 Å². The van der Waals surface area contributed by atoms with Gasteiger partial charge in [-0.1, -0.05) is 39.0 Å². The molecule has 1 aromatic heterocycles. The van der Waals surface area contributed by atoms with Crippen LogP contribution in [0, 0.1) is 18.7 Å². The predicted molar refractivity (Wildman–Crippen MR) is 150 cm³/mol. The zero-order valence-corrected chi connectivity index (χ0v) is 23.3. The van der Waals surface area contributed by atoms with Crippen LogP contribution in [-0.4, -0.2) is 71.9 Å². The van der Waals surface area contributed by atoms with Crippen molar-refractivity contribution in [2.45, 2.75) is 40.7 Å². The van der Waals surface area contributed by atoms with Gasteiger partial charge in [-0.15, -0.1) is 0 Å². The number of methoxy groups -OCH3 is 1. The Morgan fingerprint density at radius 3 is 2.42 bits per heavy atom. The predicted octanol–water partition coefficient (Wildman–Crippen LogP) is 4.70. The monoisotopic (exact) mass is 521 g/mol. The summed E-state index contributed by atoms with van der Waals surface area (Å²) in [5, 5.41) is 4.87. The van der Waals surface area contributed by atoms with Crippen LogP contribution in [-0.2, 0) is 17.8 Å². The summed E-state index contributed by atoms with van der Waals surface area (Å²) in [6.07, 6.45) is 0.318. The quantitative estimate of drug-likeness (QED) is 0.387. The van der Waals surface area contributed by atoms with E-state index in [0.717, 1.165) is 61.1 Å². The number of nitrogens with zero attached hydrogens (tertiary/aromatic N) is 5. The minimum atomic E-state index is -0.296. The van der Waals surface area contributed by atoms with Crippen LogP contribution in [0.3, 0.4) is 0 Å². The number of benzene rings is 2. The van der Waals surface area contributed by atoms with Crippen molar-refractivity contribution in [1.82, 2.24) is 19.6 Å². The molecule has 38 heavy (non-hydrogen) atoms. The van der Waals surface area contributed by atoms with E-state index < -0.39 is 0 Å². The summed E-state index contributed by atoms with van der Waals surface area (Å²) in [5.74, 6) is 1.81. The molecule has 1 saturated heterocycles. The average molecular weight is 522 g/mol. The number of hydrogen-bond acceptors (Lipinski definition) is 5. The molecule has 1 aliphatic heterocycles. The van der Waals surface area contributed by atoms with E-state index >= 15 is 0 Å². The zero-order chi connectivity index (χ0) is 27.2. The average Bonchev–Trinajstić information content (AvgIpc) is 3.24. The summed E-state index contributed by atoms with van der Waals surface area (Å²) in [7, 11) is 1.64. The number of amides is 1. The topological polar surface area (TPSA) is 53.8 Å². The Morgan fingerprint density at radius 1 is 1.11 bits per heavy atom. The minimum absolute atomic E-state index is 0.0727. The van der Waals surface area contributed by atoms with E-state index in [0.29, 0.717) is 31.1 Å². The Bertz CT molecular complexity index is 1220. The molecule has 0 N–H and O–H groups in total. The molecule has 0 unspecified atom stereocenters. The number of carbonyl (C=O) groups excluding carboxylic acids is 1. The summed E-state index contributed by atoms with van der Waals surface area (Å²) in [4.78, 5) is 20.3. The fourth-order valence-corrected chi connectivity index (χ4v) is 5.04. The SMILES string of the molecule is CCN1CCN(c2c(CN(CC(C)C)C(=O)Cc3ccc(OC)cc3)c(C)nn2-c2cccc(F)c2)CC1. The number of halogens is 1. The van der Waals surface area contributed by atoms with Crippen molar-refractivity contribution in [1.29, 1.82) is 0 Å². The minimum Gasteiger partial charge on any atom is -0.497 e. The van der Waals surface area contributed by atoms with Gasteiger partial charge >= 0.3 is 0 Å². The van der Waals surface area contributed by atoms with E-state index in [1.807, 2.05) is 46.8 Å². The second-order valence-corrected chi connectivity index (χ2v) is 10.4. The molecule has 204 valence electrons. The third-order valence-electron chi connectivity index (χ3n) is 7.13. The molecule has 2 heterocycles. The smallest absolute Gasteiger partial charge is 0.227 e. The Kier molecular flexibility index (Phi) is 9.05. The maximum Gasteiger partial charge on any atom is 0.227 e. The van der Waals surface area contributed by atoms with E-state index in [2.05, 4.69) is 30.6 Å². The van der Waals surface area contributed by atoms with E-state index in [1.54, 1.807) is 13.2 Å². The number of aromatic nitrogens is 2. The summed E-state index contributed by atoms with van der Waals surface area (Å²) < 4.78 is 21.3. The van der Waals surface area contributed by atoms with Gasteiger partial charge in [0.05, 0.1) is 31.5 Å². The second-order valence-electron chi connectivity index (χ2n) is 10.4. The molecule has 0 spiro atoms. The molecule has 0 radical (unpaired) electrons. The van der Waals surface area contributed by atoms with Gasteiger partial charge < -0.3 is 19.4 Å². The Balaban J connectivity index is 1.68. The molecule has 8 heteroatoms. The van der Waals surface area contributed by atoms with Gasteiger partial charge in [-0.05, 0) is 55.3 Å². The molecule has 1 fully saturated rings. The Morgan fingerprint density at radius 2 is 1.82 bits per heavy atom. The highest BCUT2D eigenvalue weighted by molar-refractivity contribution is 5.79. The van der Waals surface area contributed by atoms with Crippen LogP contribution in [0.2, 0.25) is 0 Å². The van der Waals surface area contributed by atoms with Gasteiger partial charge in [0.25, 0.3) is 0 Å². The van der Waals surface area contributed by atoms with Crippen LogP contribution >= 0.6 is 0 Å². The normalized spacial score (nSPS) is 14.2. The van der Waals surface area contributed by atoms with Gasteiger partial charge in [0, 0.05) is 38.3 Å². The molecule has 1 amide bonds. The first kappa shape index (κ1) is 27.6. The highest BCUT2D eigenvalue weighted by Gasteiger charge is 2.28. The van der Waals surface area contributed by atoms with Gasteiger partial charge in [0.1, 0.15) is 17.4 Å². The van der Waals surface area contributed by atoms with Crippen LogP contribution in [0.4, 0.5) is 10.2 Å². The third-order valence-corrected chi connectivity index (χ3v) is 7.13. The first-order chi connectivity index (χ1) is 18.3. The van der Waals surface area contributed by atoms with Crippen molar-refractivity contribution in [3.05, 3.63) is 71.2 Å². The van der Waals surface area contributed by atoms with E-state index in [4.69, 9.17) is 9.84 Å². The number of rotatable bonds is 10. The molecule has 0 saturated carbocycles. The van der Waals surface area contributed by atoms with Gasteiger partial charge in [0.15, 0.2) is 0 Å². The molecule has 1 aliphatic rings.